The molecule has 0 unspecified atom stereocenters. The van der Waals surface area contributed by atoms with Crippen molar-refractivity contribution in [2.75, 3.05) is 27.4 Å². The first kappa shape index (κ1) is 19.6. The summed E-state index contributed by atoms with van der Waals surface area (Å²) in [5.41, 5.74) is 1.72. The summed E-state index contributed by atoms with van der Waals surface area (Å²) in [5.74, 6) is 2.45. The highest BCUT2D eigenvalue weighted by Gasteiger charge is 2.17. The molecule has 0 N–H and O–H groups in total. The molecule has 156 valence electrons. The number of aromatic nitrogens is 6. The van der Waals surface area contributed by atoms with Crippen molar-refractivity contribution in [2.45, 2.75) is 13.5 Å². The van der Waals surface area contributed by atoms with Crippen molar-refractivity contribution in [3.8, 4) is 28.9 Å². The fourth-order valence-electron chi connectivity index (χ4n) is 2.64. The Kier molecular flexibility index (Phi) is 5.70. The lowest BCUT2D eigenvalue weighted by Gasteiger charge is -2.10. The molecule has 0 amide bonds. The maximum atomic E-state index is 5.85. The number of ether oxygens (including phenoxy) is 4. The lowest BCUT2D eigenvalue weighted by Crippen LogP contribution is -2.06. The van der Waals surface area contributed by atoms with Gasteiger partial charge in [0.15, 0.2) is 17.1 Å². The van der Waals surface area contributed by atoms with Gasteiger partial charge in [0.1, 0.15) is 24.7 Å². The highest BCUT2D eigenvalue weighted by Crippen LogP contribution is 2.28. The zero-order valence-electron chi connectivity index (χ0n) is 16.7. The van der Waals surface area contributed by atoms with E-state index in [2.05, 4.69) is 25.4 Å². The van der Waals surface area contributed by atoms with Crippen LogP contribution in [-0.2, 0) is 11.3 Å². The third-order valence-corrected chi connectivity index (χ3v) is 4.11. The minimum absolute atomic E-state index is 0.188. The number of rotatable bonds is 9. The summed E-state index contributed by atoms with van der Waals surface area (Å²) < 4.78 is 28.3. The van der Waals surface area contributed by atoms with Gasteiger partial charge < -0.3 is 23.5 Å². The van der Waals surface area contributed by atoms with Crippen LogP contribution >= 0.6 is 0 Å². The molecule has 4 rings (SSSR count). The molecular weight excluding hydrogens is 392 g/mol. The van der Waals surface area contributed by atoms with Gasteiger partial charge in [-0.25, -0.2) is 0 Å². The predicted molar refractivity (Wildman–Crippen MR) is 104 cm³/mol. The number of pyridine rings is 1. The molecule has 0 aliphatic rings. The smallest absolute Gasteiger partial charge is 0.275 e. The Morgan fingerprint density at radius 2 is 1.97 bits per heavy atom. The second kappa shape index (κ2) is 8.74. The molecule has 0 saturated heterocycles. The maximum absolute atomic E-state index is 5.85. The van der Waals surface area contributed by atoms with E-state index in [1.54, 1.807) is 32.4 Å². The number of fused-ring (bicyclic) bond motifs is 1. The molecule has 4 aromatic heterocycles. The molecule has 0 radical (unpaired) electrons. The van der Waals surface area contributed by atoms with Gasteiger partial charge in [0.05, 0.1) is 25.6 Å². The zero-order chi connectivity index (χ0) is 20.9. The molecule has 0 aromatic carbocycles. The van der Waals surface area contributed by atoms with Gasteiger partial charge in [-0.2, -0.15) is 4.52 Å². The number of hydrogen-bond donors (Lipinski definition) is 0. The Bertz CT molecular complexity index is 1120. The van der Waals surface area contributed by atoms with Crippen molar-refractivity contribution in [3.63, 3.8) is 0 Å². The molecule has 4 aromatic rings. The molecule has 11 heteroatoms. The molecule has 0 aliphatic carbocycles. The normalized spacial score (nSPS) is 11.0. The topological polar surface area (TPSA) is 119 Å². The molecule has 4 heterocycles. The average Bonchev–Trinajstić information content (AvgIpc) is 3.38. The molecule has 0 saturated carbocycles. The SMILES string of the molecule is COCCOc1ccc(COc2nn3c(-c4cc(C)on4)nnc3cc2OC)nc1. The van der Waals surface area contributed by atoms with Crippen LogP contribution in [0.25, 0.3) is 17.2 Å². The number of methoxy groups -OCH3 is 2. The molecule has 0 atom stereocenters. The van der Waals surface area contributed by atoms with Crippen LogP contribution < -0.4 is 14.2 Å². The first-order valence-electron chi connectivity index (χ1n) is 9.11. The minimum Gasteiger partial charge on any atom is -0.491 e. The van der Waals surface area contributed by atoms with Gasteiger partial charge in [-0.3, -0.25) is 4.98 Å². The van der Waals surface area contributed by atoms with Crippen LogP contribution in [0.1, 0.15) is 11.5 Å². The summed E-state index contributed by atoms with van der Waals surface area (Å²) in [6.07, 6.45) is 1.63. The van der Waals surface area contributed by atoms with E-state index < -0.39 is 0 Å². The Morgan fingerprint density at radius 3 is 2.67 bits per heavy atom. The summed E-state index contributed by atoms with van der Waals surface area (Å²) in [6.45, 7) is 2.96. The fraction of sp³-hybridized carbons (Fsp3) is 0.316. The summed E-state index contributed by atoms with van der Waals surface area (Å²) in [6, 6.07) is 7.07. The quantitative estimate of drug-likeness (QED) is 0.378. The summed E-state index contributed by atoms with van der Waals surface area (Å²) in [7, 11) is 3.15. The predicted octanol–water partition coefficient (Wildman–Crippen LogP) is 2.10. The van der Waals surface area contributed by atoms with E-state index >= 15 is 0 Å². The first-order chi connectivity index (χ1) is 14.7. The third kappa shape index (κ3) is 4.15. The number of hydrogen-bond acceptors (Lipinski definition) is 10. The van der Waals surface area contributed by atoms with E-state index in [9.17, 15) is 0 Å². The molecular formula is C19H20N6O5. The van der Waals surface area contributed by atoms with Gasteiger partial charge in [-0.1, -0.05) is 5.16 Å². The van der Waals surface area contributed by atoms with Crippen LogP contribution in [0.3, 0.4) is 0 Å². The summed E-state index contributed by atoms with van der Waals surface area (Å²) in [5, 5.41) is 16.7. The Labute approximate surface area is 171 Å². The van der Waals surface area contributed by atoms with Gasteiger partial charge in [0.25, 0.3) is 5.88 Å². The van der Waals surface area contributed by atoms with Crippen molar-refractivity contribution in [2.24, 2.45) is 0 Å². The van der Waals surface area contributed by atoms with Crippen LogP contribution in [0.15, 0.2) is 35.0 Å². The summed E-state index contributed by atoms with van der Waals surface area (Å²) >= 11 is 0. The molecule has 0 spiro atoms. The highest BCUT2D eigenvalue weighted by molar-refractivity contribution is 5.56. The standard InChI is InChI=1S/C19H20N6O5/c1-12-8-15(24-30-12)18-22-21-17-9-16(27-3)19(23-25(17)18)29-11-13-4-5-14(10-20-13)28-7-6-26-2/h4-5,8-10H,6-7,11H2,1-3H3. The Balaban J connectivity index is 1.53. The average molecular weight is 412 g/mol. The van der Waals surface area contributed by atoms with E-state index in [4.69, 9.17) is 23.5 Å². The van der Waals surface area contributed by atoms with Crippen LogP contribution in [0.4, 0.5) is 0 Å². The van der Waals surface area contributed by atoms with Gasteiger partial charge >= 0.3 is 0 Å². The highest BCUT2D eigenvalue weighted by atomic mass is 16.5. The van der Waals surface area contributed by atoms with Gasteiger partial charge in [0, 0.05) is 19.2 Å². The van der Waals surface area contributed by atoms with Crippen LogP contribution in [0.5, 0.6) is 17.4 Å². The van der Waals surface area contributed by atoms with Crippen LogP contribution in [0, 0.1) is 6.92 Å². The number of aryl methyl sites for hydroxylation is 1. The lowest BCUT2D eigenvalue weighted by atomic mass is 10.3. The van der Waals surface area contributed by atoms with Crippen molar-refractivity contribution in [1.82, 2.24) is 30.0 Å². The van der Waals surface area contributed by atoms with Crippen molar-refractivity contribution >= 4 is 5.65 Å². The van der Waals surface area contributed by atoms with E-state index in [1.165, 1.54) is 11.6 Å². The van der Waals surface area contributed by atoms with E-state index in [0.717, 1.165) is 0 Å². The molecule has 0 bridgehead atoms. The Morgan fingerprint density at radius 1 is 1.07 bits per heavy atom. The molecule has 0 fully saturated rings. The first-order valence-corrected chi connectivity index (χ1v) is 9.11. The largest absolute Gasteiger partial charge is 0.491 e. The second-order valence-electron chi connectivity index (χ2n) is 6.25. The zero-order valence-corrected chi connectivity index (χ0v) is 16.7. The van der Waals surface area contributed by atoms with Crippen molar-refractivity contribution < 1.29 is 23.5 Å². The lowest BCUT2D eigenvalue weighted by molar-refractivity contribution is 0.146. The van der Waals surface area contributed by atoms with Gasteiger partial charge in [-0.05, 0) is 19.1 Å². The van der Waals surface area contributed by atoms with E-state index in [-0.39, 0.29) is 12.5 Å². The van der Waals surface area contributed by atoms with E-state index in [1.807, 2.05) is 12.1 Å². The maximum Gasteiger partial charge on any atom is 0.275 e. The molecule has 30 heavy (non-hydrogen) atoms. The number of nitrogens with zero attached hydrogens (tertiary/aromatic N) is 6. The van der Waals surface area contributed by atoms with Crippen LogP contribution in [0.2, 0.25) is 0 Å². The van der Waals surface area contributed by atoms with Crippen LogP contribution in [-0.4, -0.2) is 57.4 Å². The van der Waals surface area contributed by atoms with Crippen molar-refractivity contribution in [1.29, 1.82) is 0 Å². The van der Waals surface area contributed by atoms with Gasteiger partial charge in [-0.15, -0.1) is 15.3 Å². The fourth-order valence-corrected chi connectivity index (χ4v) is 2.64. The second-order valence-corrected chi connectivity index (χ2v) is 6.25. The minimum atomic E-state index is 0.188. The summed E-state index contributed by atoms with van der Waals surface area (Å²) in [4.78, 5) is 4.33. The molecule has 0 aliphatic heterocycles. The van der Waals surface area contributed by atoms with E-state index in [0.29, 0.717) is 53.3 Å². The van der Waals surface area contributed by atoms with Gasteiger partial charge in [0.2, 0.25) is 5.82 Å². The third-order valence-electron chi connectivity index (χ3n) is 4.11. The monoisotopic (exact) mass is 412 g/mol. The molecule has 11 nitrogen and oxygen atoms in total. The Hall–Kier alpha value is -3.73. The van der Waals surface area contributed by atoms with Crippen molar-refractivity contribution in [3.05, 3.63) is 41.9 Å².